The second-order valence-corrected chi connectivity index (χ2v) is 6.08. The van der Waals surface area contributed by atoms with Crippen LogP contribution in [-0.4, -0.2) is 37.8 Å². The molecule has 2 aromatic carbocycles. The Hall–Kier alpha value is -3.61. The molecule has 0 aliphatic heterocycles. The first-order valence-electron chi connectivity index (χ1n) is 9.00. The van der Waals surface area contributed by atoms with Crippen molar-refractivity contribution in [2.24, 2.45) is 0 Å². The zero-order valence-electron chi connectivity index (χ0n) is 16.1. The normalized spacial score (nSPS) is 11.5. The molecule has 0 heterocycles. The van der Waals surface area contributed by atoms with E-state index in [0.29, 0.717) is 6.42 Å². The zero-order valence-corrected chi connectivity index (χ0v) is 16.1. The van der Waals surface area contributed by atoms with Gasteiger partial charge in [-0.1, -0.05) is 60.7 Å². The van der Waals surface area contributed by atoms with Crippen molar-refractivity contribution in [3.8, 4) is 0 Å². The van der Waals surface area contributed by atoms with Crippen LogP contribution in [0.2, 0.25) is 0 Å². The molecule has 7 heteroatoms. The highest BCUT2D eigenvalue weighted by molar-refractivity contribution is 5.91. The van der Waals surface area contributed by atoms with E-state index in [4.69, 9.17) is 9.47 Å². The molecule has 152 valence electrons. The average molecular weight is 397 g/mol. The Balaban J connectivity index is 1.91. The van der Waals surface area contributed by atoms with Crippen molar-refractivity contribution in [3.63, 3.8) is 0 Å². The van der Waals surface area contributed by atoms with E-state index in [0.717, 1.165) is 23.3 Å². The van der Waals surface area contributed by atoms with Crippen molar-refractivity contribution in [3.05, 3.63) is 83.9 Å². The van der Waals surface area contributed by atoms with E-state index in [1.54, 1.807) is 0 Å². The molecule has 0 aliphatic carbocycles. The first-order chi connectivity index (χ1) is 14.1. The van der Waals surface area contributed by atoms with Crippen LogP contribution in [0.25, 0.3) is 0 Å². The van der Waals surface area contributed by atoms with Crippen LogP contribution in [0.4, 0.5) is 4.79 Å². The van der Waals surface area contributed by atoms with Crippen LogP contribution < -0.4 is 5.32 Å². The van der Waals surface area contributed by atoms with Gasteiger partial charge in [-0.2, -0.15) is 0 Å². The molecule has 0 bridgehead atoms. The molecule has 29 heavy (non-hydrogen) atoms. The van der Waals surface area contributed by atoms with E-state index in [1.165, 1.54) is 7.11 Å². The minimum absolute atomic E-state index is 0.0837. The van der Waals surface area contributed by atoms with Crippen LogP contribution in [0.15, 0.2) is 72.8 Å². The number of benzene rings is 2. The van der Waals surface area contributed by atoms with Crippen molar-refractivity contribution in [2.45, 2.75) is 19.1 Å². The van der Waals surface area contributed by atoms with E-state index in [-0.39, 0.29) is 13.2 Å². The molecule has 0 aliphatic rings. The number of nitrogens with one attached hydrogen (secondary N) is 1. The third-order valence-corrected chi connectivity index (χ3v) is 3.84. The summed E-state index contributed by atoms with van der Waals surface area (Å²) < 4.78 is 14.8. The lowest BCUT2D eigenvalue weighted by Gasteiger charge is -2.18. The largest absolute Gasteiger partial charge is 0.466 e. The van der Waals surface area contributed by atoms with Gasteiger partial charge in [0.05, 0.1) is 13.2 Å². The number of rotatable bonds is 9. The summed E-state index contributed by atoms with van der Waals surface area (Å²) in [6.07, 6.45) is 1.76. The molecule has 1 atom stereocenters. The molecule has 0 aromatic heterocycles. The molecule has 7 nitrogen and oxygen atoms in total. The smallest absolute Gasteiger partial charge is 0.407 e. The van der Waals surface area contributed by atoms with Crippen LogP contribution in [0.5, 0.6) is 0 Å². The standard InChI is InChI=1S/C22H23NO6/c1-27-20(24)12-13-21(25)28-16-19(14-17-8-4-2-5-9-17)23-22(26)29-15-18-10-6-3-7-11-18/h2-13,19H,14-16H2,1H3,(H,23,26)/b13-12+/t19-/m1/s1. The van der Waals surface area contributed by atoms with Gasteiger partial charge in [-0.05, 0) is 17.5 Å². The van der Waals surface area contributed by atoms with Crippen molar-refractivity contribution in [1.82, 2.24) is 5.32 Å². The summed E-state index contributed by atoms with van der Waals surface area (Å²) >= 11 is 0. The lowest BCUT2D eigenvalue weighted by atomic mass is 10.1. The summed E-state index contributed by atoms with van der Waals surface area (Å²) in [5, 5.41) is 2.71. The Kier molecular flexibility index (Phi) is 8.95. The molecule has 0 unspecified atom stereocenters. The quantitative estimate of drug-likeness (QED) is 0.398. The van der Waals surface area contributed by atoms with Gasteiger partial charge >= 0.3 is 18.0 Å². The third-order valence-electron chi connectivity index (χ3n) is 3.84. The van der Waals surface area contributed by atoms with Gasteiger partial charge in [-0.15, -0.1) is 0 Å². The van der Waals surface area contributed by atoms with Crippen LogP contribution in [0.3, 0.4) is 0 Å². The Morgan fingerprint density at radius 2 is 1.45 bits per heavy atom. The predicted octanol–water partition coefficient (Wildman–Crippen LogP) is 2.80. The minimum Gasteiger partial charge on any atom is -0.466 e. The number of ether oxygens (including phenoxy) is 3. The maximum Gasteiger partial charge on any atom is 0.407 e. The monoisotopic (exact) mass is 397 g/mol. The number of alkyl carbamates (subject to hydrolysis) is 1. The number of amides is 1. The number of hydrogen-bond acceptors (Lipinski definition) is 6. The van der Waals surface area contributed by atoms with Crippen LogP contribution >= 0.6 is 0 Å². The number of carbonyl (C=O) groups is 3. The summed E-state index contributed by atoms with van der Waals surface area (Å²) in [7, 11) is 1.21. The highest BCUT2D eigenvalue weighted by Gasteiger charge is 2.16. The van der Waals surface area contributed by atoms with Gasteiger partial charge in [0.15, 0.2) is 0 Å². The van der Waals surface area contributed by atoms with Gasteiger partial charge in [0.1, 0.15) is 13.2 Å². The summed E-state index contributed by atoms with van der Waals surface area (Å²) in [6.45, 7) is 0.0477. The predicted molar refractivity (Wildman–Crippen MR) is 106 cm³/mol. The molecule has 0 saturated carbocycles. The van der Waals surface area contributed by atoms with E-state index >= 15 is 0 Å². The Morgan fingerprint density at radius 3 is 2.07 bits per heavy atom. The zero-order chi connectivity index (χ0) is 20.9. The maximum atomic E-state index is 12.2. The molecule has 2 rings (SSSR count). The van der Waals surface area contributed by atoms with Crippen molar-refractivity contribution >= 4 is 18.0 Å². The fraction of sp³-hybridized carbons (Fsp3) is 0.227. The molecular formula is C22H23NO6. The number of hydrogen-bond donors (Lipinski definition) is 1. The molecule has 0 saturated heterocycles. The highest BCUT2D eigenvalue weighted by Crippen LogP contribution is 2.06. The summed E-state index contributed by atoms with van der Waals surface area (Å²) in [5.74, 6) is -1.38. The molecule has 0 fully saturated rings. The number of methoxy groups -OCH3 is 1. The highest BCUT2D eigenvalue weighted by atomic mass is 16.6. The van der Waals surface area contributed by atoms with E-state index in [9.17, 15) is 14.4 Å². The van der Waals surface area contributed by atoms with Gasteiger partial charge in [-0.25, -0.2) is 14.4 Å². The van der Waals surface area contributed by atoms with E-state index < -0.39 is 24.1 Å². The van der Waals surface area contributed by atoms with Crippen molar-refractivity contribution in [1.29, 1.82) is 0 Å². The molecule has 0 radical (unpaired) electrons. The minimum atomic E-state index is -0.715. The van der Waals surface area contributed by atoms with Gasteiger partial charge in [0, 0.05) is 12.2 Å². The second-order valence-electron chi connectivity index (χ2n) is 6.08. The van der Waals surface area contributed by atoms with Gasteiger partial charge in [0.2, 0.25) is 0 Å². The molecular weight excluding hydrogens is 374 g/mol. The van der Waals surface area contributed by atoms with Gasteiger partial charge in [0.25, 0.3) is 0 Å². The Bertz CT molecular complexity index is 820. The summed E-state index contributed by atoms with van der Waals surface area (Å²) in [6, 6.07) is 18.2. The van der Waals surface area contributed by atoms with Gasteiger partial charge < -0.3 is 19.5 Å². The van der Waals surface area contributed by atoms with E-state index in [2.05, 4.69) is 10.1 Å². The SMILES string of the molecule is COC(=O)/C=C/C(=O)OC[C@@H](Cc1ccccc1)NC(=O)OCc1ccccc1. The van der Waals surface area contributed by atoms with Gasteiger partial charge in [-0.3, -0.25) is 0 Å². The second kappa shape index (κ2) is 12.0. The Morgan fingerprint density at radius 1 is 0.862 bits per heavy atom. The Labute approximate surface area is 169 Å². The molecule has 2 aromatic rings. The fourth-order valence-corrected chi connectivity index (χ4v) is 2.42. The lowest BCUT2D eigenvalue weighted by molar-refractivity contribution is -0.139. The average Bonchev–Trinajstić information content (AvgIpc) is 2.75. The van der Waals surface area contributed by atoms with E-state index in [1.807, 2.05) is 60.7 Å². The van der Waals surface area contributed by atoms with Crippen molar-refractivity contribution < 1.29 is 28.6 Å². The maximum absolute atomic E-state index is 12.2. The fourth-order valence-electron chi connectivity index (χ4n) is 2.42. The van der Waals surface area contributed by atoms with Crippen LogP contribution in [0, 0.1) is 0 Å². The number of esters is 2. The molecule has 0 spiro atoms. The van der Waals surface area contributed by atoms with Crippen molar-refractivity contribution in [2.75, 3.05) is 13.7 Å². The topological polar surface area (TPSA) is 90.9 Å². The van der Waals surface area contributed by atoms with Crippen LogP contribution in [0.1, 0.15) is 11.1 Å². The van der Waals surface area contributed by atoms with Crippen LogP contribution in [-0.2, 0) is 36.8 Å². The molecule has 1 amide bonds. The third kappa shape index (κ3) is 8.75. The molecule has 1 N–H and O–H groups in total. The first-order valence-corrected chi connectivity index (χ1v) is 9.00. The summed E-state index contributed by atoms with van der Waals surface area (Å²) in [5.41, 5.74) is 1.82. The number of carbonyl (C=O) groups excluding carboxylic acids is 3. The first kappa shape index (κ1) is 21.7. The lowest BCUT2D eigenvalue weighted by Crippen LogP contribution is -2.40. The summed E-state index contributed by atoms with van der Waals surface area (Å²) in [4.78, 5) is 35.0.